The molecule has 2 aromatic rings. The summed E-state index contributed by atoms with van der Waals surface area (Å²) in [7, 11) is 0. The summed E-state index contributed by atoms with van der Waals surface area (Å²) in [6.07, 6.45) is 17.0. The molecule has 228 valence electrons. The average Bonchev–Trinajstić information content (AvgIpc) is 2.99. The first-order valence-corrected chi connectivity index (χ1v) is 16.4. The van der Waals surface area contributed by atoms with E-state index in [1.807, 2.05) is 0 Å². The quantitative estimate of drug-likeness (QED) is 0.216. The molecule has 1 nitrogen and oxygen atoms in total. The first-order valence-electron chi connectivity index (χ1n) is 16.4. The molecule has 41 heavy (non-hydrogen) atoms. The molecule has 2 fully saturated rings. The molecule has 2 saturated carbocycles. The maximum atomic E-state index is 14.7. The third-order valence-electron chi connectivity index (χ3n) is 10.3. The number of hydrogen-bond donors (Lipinski definition) is 0. The van der Waals surface area contributed by atoms with Crippen molar-refractivity contribution < 1.29 is 22.3 Å². The fraction of sp³-hybridized carbons (Fsp3) is 0.667. The normalized spacial score (nSPS) is 23.9. The summed E-state index contributed by atoms with van der Waals surface area (Å²) in [6, 6.07) is 6.80. The minimum absolute atomic E-state index is 0.00732. The number of hydrogen-bond acceptors (Lipinski definition) is 1. The van der Waals surface area contributed by atoms with Crippen molar-refractivity contribution in [1.82, 2.24) is 0 Å². The third-order valence-corrected chi connectivity index (χ3v) is 10.3. The Labute approximate surface area is 245 Å². The molecule has 0 N–H and O–H groups in total. The van der Waals surface area contributed by atoms with Crippen LogP contribution >= 0.6 is 0 Å². The van der Waals surface area contributed by atoms with Crippen molar-refractivity contribution in [2.24, 2.45) is 17.8 Å². The molecule has 0 saturated heterocycles. The highest BCUT2D eigenvalue weighted by Gasteiger charge is 2.28. The van der Waals surface area contributed by atoms with Gasteiger partial charge in [0.25, 0.3) is 0 Å². The molecule has 1 unspecified atom stereocenters. The van der Waals surface area contributed by atoms with Crippen LogP contribution in [-0.2, 0) is 0 Å². The molecular weight excluding hydrogens is 524 g/mol. The molecule has 0 radical (unpaired) electrons. The largest absolute Gasteiger partial charge is 0.491 e. The lowest BCUT2D eigenvalue weighted by Crippen LogP contribution is -2.16. The molecular formula is C36H50F4O. The lowest BCUT2D eigenvalue weighted by Gasteiger charge is -2.30. The molecule has 2 aliphatic rings. The van der Waals surface area contributed by atoms with Gasteiger partial charge >= 0.3 is 0 Å². The number of benzene rings is 2. The van der Waals surface area contributed by atoms with Crippen molar-refractivity contribution in [2.45, 2.75) is 129 Å². The van der Waals surface area contributed by atoms with Crippen LogP contribution in [0.25, 0.3) is 0 Å². The zero-order valence-corrected chi connectivity index (χ0v) is 25.4. The maximum Gasteiger partial charge on any atom is 0.200 e. The van der Waals surface area contributed by atoms with Crippen LogP contribution in [-0.4, -0.2) is 6.61 Å². The second-order valence-electron chi connectivity index (χ2n) is 12.9. The van der Waals surface area contributed by atoms with Crippen LogP contribution in [0.2, 0.25) is 0 Å². The Balaban J connectivity index is 1.11. The second-order valence-corrected chi connectivity index (χ2v) is 12.9. The summed E-state index contributed by atoms with van der Waals surface area (Å²) in [5.41, 5.74) is 1.47. The van der Waals surface area contributed by atoms with Gasteiger partial charge in [0.1, 0.15) is 0 Å². The SMILES string of the molecule is CCOc1ccc(C2CCC(CCCC(CC)CCCC3CCC(c4ccc(C)c(F)c4F)CC3)CC2)c(F)c1F. The van der Waals surface area contributed by atoms with Crippen LogP contribution in [0.5, 0.6) is 5.75 Å². The Bertz CT molecular complexity index is 1100. The maximum absolute atomic E-state index is 14.7. The van der Waals surface area contributed by atoms with E-state index < -0.39 is 23.3 Å². The summed E-state index contributed by atoms with van der Waals surface area (Å²) >= 11 is 0. The Morgan fingerprint density at radius 1 is 0.659 bits per heavy atom. The first kappa shape index (κ1) is 31.9. The van der Waals surface area contributed by atoms with Crippen LogP contribution in [0.15, 0.2) is 24.3 Å². The fourth-order valence-corrected chi connectivity index (χ4v) is 7.57. The van der Waals surface area contributed by atoms with E-state index >= 15 is 0 Å². The Hall–Kier alpha value is -2.04. The van der Waals surface area contributed by atoms with Crippen molar-refractivity contribution in [3.63, 3.8) is 0 Å². The van der Waals surface area contributed by atoms with Gasteiger partial charge in [-0.25, -0.2) is 13.2 Å². The zero-order valence-electron chi connectivity index (χ0n) is 25.4. The number of aryl methyl sites for hydroxylation is 1. The number of halogens is 4. The van der Waals surface area contributed by atoms with Crippen molar-refractivity contribution in [1.29, 1.82) is 0 Å². The van der Waals surface area contributed by atoms with Crippen molar-refractivity contribution in [2.75, 3.05) is 6.61 Å². The van der Waals surface area contributed by atoms with Gasteiger partial charge < -0.3 is 4.74 Å². The molecule has 0 spiro atoms. The van der Waals surface area contributed by atoms with Gasteiger partial charge in [0.2, 0.25) is 5.82 Å². The zero-order chi connectivity index (χ0) is 29.4. The lowest BCUT2D eigenvalue weighted by molar-refractivity contribution is 0.274. The van der Waals surface area contributed by atoms with E-state index in [-0.39, 0.29) is 17.6 Å². The van der Waals surface area contributed by atoms with E-state index in [9.17, 15) is 17.6 Å². The highest BCUT2D eigenvalue weighted by molar-refractivity contribution is 5.33. The van der Waals surface area contributed by atoms with E-state index in [4.69, 9.17) is 4.74 Å². The van der Waals surface area contributed by atoms with E-state index in [0.717, 1.165) is 57.3 Å². The molecule has 0 aromatic heterocycles. The molecule has 1 atom stereocenters. The molecule has 0 heterocycles. The predicted octanol–water partition coefficient (Wildman–Crippen LogP) is 11.6. The fourth-order valence-electron chi connectivity index (χ4n) is 7.57. The highest BCUT2D eigenvalue weighted by Crippen LogP contribution is 2.41. The summed E-state index contributed by atoms with van der Waals surface area (Å²) in [6.45, 7) is 6.01. The Kier molecular flexibility index (Phi) is 12.0. The van der Waals surface area contributed by atoms with Gasteiger partial charge in [0, 0.05) is 0 Å². The molecule has 0 amide bonds. The first-order chi connectivity index (χ1) is 19.8. The van der Waals surface area contributed by atoms with E-state index in [0.29, 0.717) is 35.1 Å². The van der Waals surface area contributed by atoms with Crippen LogP contribution < -0.4 is 4.74 Å². The molecule has 2 aromatic carbocycles. The summed E-state index contributed by atoms with van der Waals surface area (Å²) < 4.78 is 62.7. The number of ether oxygens (including phenoxy) is 1. The Morgan fingerprint density at radius 3 is 1.63 bits per heavy atom. The van der Waals surface area contributed by atoms with Crippen LogP contribution in [0.3, 0.4) is 0 Å². The standard InChI is InChI=1S/C36H50F4O/c1-4-25(8-6-10-26-13-17-28(18-14-26)30-21-12-24(3)33(37)34(30)38)9-7-11-27-15-19-29(20-16-27)31-22-23-32(41-5-2)36(40)35(31)39/h12,21-23,25-29H,4-11,13-20H2,1-3H3. The van der Waals surface area contributed by atoms with Gasteiger partial charge in [-0.1, -0.05) is 70.1 Å². The van der Waals surface area contributed by atoms with E-state index in [1.54, 1.807) is 38.1 Å². The number of rotatable bonds is 13. The van der Waals surface area contributed by atoms with Gasteiger partial charge in [0.05, 0.1) is 6.61 Å². The van der Waals surface area contributed by atoms with E-state index in [1.165, 1.54) is 44.9 Å². The van der Waals surface area contributed by atoms with Gasteiger partial charge in [-0.05, 0) is 118 Å². The average molecular weight is 575 g/mol. The molecule has 2 aliphatic carbocycles. The summed E-state index contributed by atoms with van der Waals surface area (Å²) in [4.78, 5) is 0. The van der Waals surface area contributed by atoms with Gasteiger partial charge in [-0.3, -0.25) is 0 Å². The minimum Gasteiger partial charge on any atom is -0.491 e. The van der Waals surface area contributed by atoms with Gasteiger partial charge in [0.15, 0.2) is 23.2 Å². The van der Waals surface area contributed by atoms with Crippen LogP contribution in [0.1, 0.15) is 139 Å². The summed E-state index contributed by atoms with van der Waals surface area (Å²) in [5, 5.41) is 0. The monoisotopic (exact) mass is 574 g/mol. The molecule has 4 rings (SSSR count). The van der Waals surface area contributed by atoms with Gasteiger partial charge in [-0.15, -0.1) is 0 Å². The smallest absolute Gasteiger partial charge is 0.200 e. The highest BCUT2D eigenvalue weighted by atomic mass is 19.2. The predicted molar refractivity (Wildman–Crippen MR) is 160 cm³/mol. The second kappa shape index (κ2) is 15.4. The van der Waals surface area contributed by atoms with Crippen molar-refractivity contribution in [3.05, 3.63) is 64.2 Å². The summed E-state index contributed by atoms with van der Waals surface area (Å²) in [5.74, 6) is -0.447. The molecule has 0 aliphatic heterocycles. The topological polar surface area (TPSA) is 9.23 Å². The van der Waals surface area contributed by atoms with E-state index in [2.05, 4.69) is 6.92 Å². The van der Waals surface area contributed by atoms with Crippen molar-refractivity contribution in [3.8, 4) is 5.75 Å². The lowest BCUT2D eigenvalue weighted by atomic mass is 9.76. The Morgan fingerprint density at radius 2 is 1.15 bits per heavy atom. The van der Waals surface area contributed by atoms with Crippen molar-refractivity contribution >= 4 is 0 Å². The minimum atomic E-state index is -0.848. The third kappa shape index (κ3) is 8.29. The molecule has 0 bridgehead atoms. The van der Waals surface area contributed by atoms with Crippen LogP contribution in [0, 0.1) is 47.9 Å². The molecule has 5 heteroatoms. The van der Waals surface area contributed by atoms with Gasteiger partial charge in [-0.2, -0.15) is 4.39 Å². The van der Waals surface area contributed by atoms with Crippen LogP contribution in [0.4, 0.5) is 17.6 Å².